The first kappa shape index (κ1) is 40.9. The summed E-state index contributed by atoms with van der Waals surface area (Å²) in [4.78, 5) is 34.1. The highest BCUT2D eigenvalue weighted by Gasteiger charge is 2.55. The minimum Gasteiger partial charge on any atom is -0.387 e. The summed E-state index contributed by atoms with van der Waals surface area (Å²) in [5.41, 5.74) is 12.2. The second-order valence-electron chi connectivity index (χ2n) is 16.2. The number of aliphatic hydroxyl groups is 6. The maximum absolute atomic E-state index is 15.5. The van der Waals surface area contributed by atoms with Crippen molar-refractivity contribution in [3.8, 4) is 0 Å². The topological polar surface area (TPSA) is 323 Å². The van der Waals surface area contributed by atoms with Gasteiger partial charge in [0.05, 0.1) is 29.1 Å². The lowest BCUT2D eigenvalue weighted by Gasteiger charge is -2.28. The summed E-state index contributed by atoms with van der Waals surface area (Å²) in [6, 6.07) is 3.04. The molecule has 0 amide bonds. The molecule has 12 atom stereocenters. The molecule has 5 aromatic rings. The fourth-order valence-corrected chi connectivity index (χ4v) is 8.53. The van der Waals surface area contributed by atoms with Crippen molar-refractivity contribution in [3.05, 3.63) is 58.7 Å². The molecule has 0 aliphatic carbocycles. The molecule has 3 aliphatic rings. The molecule has 0 spiro atoms. The van der Waals surface area contributed by atoms with Crippen LogP contribution in [0.15, 0.2) is 35.5 Å². The average molecular weight is 826 g/mol. The standard InChI is InChI=1S/C37H48FN11O10/c1-5-17-24(50)35(2,54)31(57-17)47-12-10-15-27(40)43-21(45-29(15)47)8-6-19-26(52)37(4,56)33(59-19)49-14-16(38)23-28(41)44-22(46-30(23)49)9-7-18-25(51)36(3,55)32(58-18)48-13-11-20(39)42-34(48)53/h10-14,17-19,24-26,31-33,50-52,54-56H,5-9H2,1-4H3,(H2,39,42,53)(H2,40,43,45)(H2,41,44,46)/t17-,18-,19-,24?,25?,26?,31-,32-,33-,35?,36?,37?/m1/s1. The molecule has 3 fully saturated rings. The van der Waals surface area contributed by atoms with E-state index in [9.17, 15) is 35.4 Å². The van der Waals surface area contributed by atoms with Gasteiger partial charge in [0.25, 0.3) is 0 Å². The average Bonchev–Trinajstić information content (AvgIpc) is 3.91. The van der Waals surface area contributed by atoms with E-state index in [1.807, 2.05) is 6.92 Å². The fourth-order valence-electron chi connectivity index (χ4n) is 8.53. The fraction of sp³-hybridized carbons (Fsp3) is 0.568. The summed E-state index contributed by atoms with van der Waals surface area (Å²) < 4.78 is 37.5. The van der Waals surface area contributed by atoms with E-state index < -0.39 is 83.6 Å². The van der Waals surface area contributed by atoms with E-state index in [1.54, 1.807) is 16.8 Å². The summed E-state index contributed by atoms with van der Waals surface area (Å²) in [5.74, 6) is -0.519. The number of ether oxygens (including phenoxy) is 3. The van der Waals surface area contributed by atoms with Crippen molar-refractivity contribution < 1.29 is 49.2 Å². The number of halogens is 1. The summed E-state index contributed by atoms with van der Waals surface area (Å²) in [6.07, 6.45) is -5.58. The van der Waals surface area contributed by atoms with E-state index in [-0.39, 0.29) is 65.8 Å². The zero-order valence-corrected chi connectivity index (χ0v) is 32.6. The van der Waals surface area contributed by atoms with E-state index in [2.05, 4.69) is 24.9 Å². The Bertz CT molecular complexity index is 2470. The van der Waals surface area contributed by atoms with Gasteiger partial charge in [-0.3, -0.25) is 9.13 Å². The highest BCUT2D eigenvalue weighted by molar-refractivity contribution is 5.87. The summed E-state index contributed by atoms with van der Waals surface area (Å²) in [7, 11) is 0. The van der Waals surface area contributed by atoms with Gasteiger partial charge in [0.1, 0.15) is 69.9 Å². The predicted molar refractivity (Wildman–Crippen MR) is 205 cm³/mol. The van der Waals surface area contributed by atoms with Crippen LogP contribution in [0.3, 0.4) is 0 Å². The lowest BCUT2D eigenvalue weighted by molar-refractivity contribution is -0.0976. The third-order valence-corrected chi connectivity index (χ3v) is 11.9. The van der Waals surface area contributed by atoms with Crippen LogP contribution < -0.4 is 22.9 Å². The predicted octanol–water partition coefficient (Wildman–Crippen LogP) is -0.678. The van der Waals surface area contributed by atoms with Gasteiger partial charge in [0, 0.05) is 31.4 Å². The Kier molecular flexibility index (Phi) is 9.96. The molecule has 0 bridgehead atoms. The van der Waals surface area contributed by atoms with Crippen molar-refractivity contribution in [2.45, 2.75) is 132 Å². The van der Waals surface area contributed by atoms with Crippen LogP contribution in [0, 0.1) is 5.82 Å². The van der Waals surface area contributed by atoms with Crippen LogP contribution >= 0.6 is 0 Å². The highest BCUT2D eigenvalue weighted by Crippen LogP contribution is 2.44. The molecule has 0 saturated carbocycles. The molecule has 6 unspecified atom stereocenters. The maximum Gasteiger partial charge on any atom is 0.351 e. The third kappa shape index (κ3) is 6.58. The monoisotopic (exact) mass is 825 g/mol. The van der Waals surface area contributed by atoms with Gasteiger partial charge < -0.3 is 66.6 Å². The first-order chi connectivity index (χ1) is 27.7. The number of fused-ring (bicyclic) bond motifs is 2. The number of nitrogens with zero attached hydrogens (tertiary/aromatic N) is 8. The van der Waals surface area contributed by atoms with Gasteiger partial charge in [-0.15, -0.1) is 0 Å². The molecule has 5 aromatic heterocycles. The first-order valence-corrected chi connectivity index (χ1v) is 19.2. The van der Waals surface area contributed by atoms with E-state index in [1.165, 1.54) is 37.6 Å². The molecule has 21 nitrogen and oxygen atoms in total. The summed E-state index contributed by atoms with van der Waals surface area (Å²) in [5, 5.41) is 67.4. The molecule has 318 valence electrons. The van der Waals surface area contributed by atoms with Crippen LogP contribution in [0.2, 0.25) is 0 Å². The molecule has 59 heavy (non-hydrogen) atoms. The highest BCUT2D eigenvalue weighted by atomic mass is 19.1. The van der Waals surface area contributed by atoms with Crippen LogP contribution in [0.1, 0.15) is 77.3 Å². The molecule has 12 N–H and O–H groups in total. The quantitative estimate of drug-likeness (QED) is 0.0842. The van der Waals surface area contributed by atoms with Gasteiger partial charge in [-0.2, -0.15) is 4.98 Å². The number of nitrogens with two attached hydrogens (primary N) is 3. The number of hydrogen-bond acceptors (Lipinski definition) is 18. The van der Waals surface area contributed by atoms with Crippen LogP contribution in [-0.2, 0) is 27.1 Å². The van der Waals surface area contributed by atoms with E-state index in [0.29, 0.717) is 17.5 Å². The zero-order valence-electron chi connectivity index (χ0n) is 32.6. The lowest BCUT2D eigenvalue weighted by Crippen LogP contribution is -2.45. The van der Waals surface area contributed by atoms with Crippen molar-refractivity contribution in [3.63, 3.8) is 0 Å². The van der Waals surface area contributed by atoms with E-state index >= 15 is 4.39 Å². The Hall–Kier alpha value is -4.91. The second kappa shape index (κ2) is 14.4. The van der Waals surface area contributed by atoms with Gasteiger partial charge in [0.2, 0.25) is 0 Å². The molecule has 3 aliphatic heterocycles. The number of anilines is 3. The smallest absolute Gasteiger partial charge is 0.351 e. The molecular formula is C37H48FN11O10. The first-order valence-electron chi connectivity index (χ1n) is 19.2. The van der Waals surface area contributed by atoms with Crippen LogP contribution in [0.4, 0.5) is 21.8 Å². The SMILES string of the molecule is CC[C@H]1O[C@@H](n2ccc3c(N)nc(CC[C@H]4O[C@@H](n5cc(F)c6c(N)nc(CC[C@H]7O[C@@H](n8ccc(N)nc8=O)C(C)(O)C7O)nc65)C(C)(O)C4O)nc32)C(C)(O)C1O. The lowest BCUT2D eigenvalue weighted by atomic mass is 9.94. The van der Waals surface area contributed by atoms with Gasteiger partial charge in [-0.25, -0.2) is 29.1 Å². The number of hydrogen-bond donors (Lipinski definition) is 9. The molecule has 0 radical (unpaired) electrons. The number of rotatable bonds is 10. The Labute approximate surface area is 334 Å². The number of nitrogen functional groups attached to an aromatic ring is 3. The van der Waals surface area contributed by atoms with Gasteiger partial charge >= 0.3 is 5.69 Å². The Morgan fingerprint density at radius 1 is 0.695 bits per heavy atom. The molecule has 8 heterocycles. The minimum absolute atomic E-state index is 0.0144. The summed E-state index contributed by atoms with van der Waals surface area (Å²) in [6.45, 7) is 6.00. The van der Waals surface area contributed by atoms with Gasteiger partial charge in [-0.05, 0) is 52.2 Å². The Balaban J connectivity index is 1.01. The van der Waals surface area contributed by atoms with Crippen molar-refractivity contribution in [1.82, 2.24) is 38.6 Å². The third-order valence-electron chi connectivity index (χ3n) is 11.9. The van der Waals surface area contributed by atoms with Crippen molar-refractivity contribution >= 4 is 39.5 Å². The number of aryl methyl sites for hydroxylation is 2. The number of aliphatic hydroxyl groups excluding tert-OH is 3. The minimum atomic E-state index is -1.97. The van der Waals surface area contributed by atoms with Crippen LogP contribution in [0.25, 0.3) is 22.1 Å². The molecule has 22 heteroatoms. The van der Waals surface area contributed by atoms with Gasteiger partial charge in [-0.1, -0.05) is 6.92 Å². The molecule has 8 rings (SSSR count). The van der Waals surface area contributed by atoms with Crippen molar-refractivity contribution in [1.29, 1.82) is 0 Å². The zero-order chi connectivity index (χ0) is 42.5. The molecule has 0 aromatic carbocycles. The van der Waals surface area contributed by atoms with Crippen LogP contribution in [-0.4, -0.2) is 123 Å². The maximum atomic E-state index is 15.5. The van der Waals surface area contributed by atoms with Crippen LogP contribution in [0.5, 0.6) is 0 Å². The Morgan fingerprint density at radius 2 is 1.19 bits per heavy atom. The van der Waals surface area contributed by atoms with Crippen molar-refractivity contribution in [2.24, 2.45) is 0 Å². The normalized spacial score (nSPS) is 34.8. The van der Waals surface area contributed by atoms with E-state index in [0.717, 1.165) is 10.8 Å². The largest absolute Gasteiger partial charge is 0.387 e. The van der Waals surface area contributed by atoms with Crippen molar-refractivity contribution in [2.75, 3.05) is 17.2 Å². The molecular weight excluding hydrogens is 777 g/mol. The molecule has 3 saturated heterocycles. The second-order valence-corrected chi connectivity index (χ2v) is 16.2. The van der Waals surface area contributed by atoms with E-state index in [4.69, 9.17) is 31.4 Å². The van der Waals surface area contributed by atoms with Gasteiger partial charge in [0.15, 0.2) is 30.1 Å². The summed E-state index contributed by atoms with van der Waals surface area (Å²) >= 11 is 0. The number of aromatic nitrogens is 8. The Morgan fingerprint density at radius 3 is 1.75 bits per heavy atom.